The van der Waals surface area contributed by atoms with Gasteiger partial charge in [-0.25, -0.2) is 4.99 Å². The van der Waals surface area contributed by atoms with Gasteiger partial charge in [-0.2, -0.15) is 0 Å². The first kappa shape index (κ1) is 20.9. The third-order valence-corrected chi connectivity index (χ3v) is 4.14. The highest BCUT2D eigenvalue weighted by atomic mass is 32.2. The van der Waals surface area contributed by atoms with E-state index >= 15 is 0 Å². The Morgan fingerprint density at radius 2 is 2.20 bits per heavy atom. The van der Waals surface area contributed by atoms with Gasteiger partial charge in [-0.1, -0.05) is 12.7 Å². The number of nitrogens with zero attached hydrogens (tertiary/aromatic N) is 1. The van der Waals surface area contributed by atoms with Crippen LogP contribution in [-0.2, 0) is 4.79 Å². The molecule has 1 aliphatic heterocycles. The summed E-state index contributed by atoms with van der Waals surface area (Å²) >= 11 is 1.63. The lowest BCUT2D eigenvalue weighted by Gasteiger charge is -2.14. The van der Waals surface area contributed by atoms with Crippen molar-refractivity contribution in [2.24, 2.45) is 10.7 Å². The number of thioether (sulfide) groups is 1. The molecular formula is C17H28N6OS. The van der Waals surface area contributed by atoms with Crippen molar-refractivity contribution in [1.82, 2.24) is 21.3 Å². The maximum absolute atomic E-state index is 12.2. The van der Waals surface area contributed by atoms with Crippen LogP contribution in [-0.4, -0.2) is 43.9 Å². The Balaban J connectivity index is 2.68. The van der Waals surface area contributed by atoms with E-state index in [1.807, 2.05) is 26.1 Å². The van der Waals surface area contributed by atoms with Crippen LogP contribution in [0.5, 0.6) is 0 Å². The molecule has 0 saturated heterocycles. The molecule has 0 atom stereocenters. The quantitative estimate of drug-likeness (QED) is 0.436. The molecule has 1 aliphatic rings. The van der Waals surface area contributed by atoms with Gasteiger partial charge in [0, 0.05) is 31.5 Å². The zero-order valence-electron chi connectivity index (χ0n) is 15.1. The fourth-order valence-electron chi connectivity index (χ4n) is 2.03. The van der Waals surface area contributed by atoms with Gasteiger partial charge in [0.15, 0.2) is 0 Å². The minimum absolute atomic E-state index is 0.121. The molecule has 138 valence electrons. The van der Waals surface area contributed by atoms with Gasteiger partial charge < -0.3 is 27.0 Å². The second kappa shape index (κ2) is 11.4. The van der Waals surface area contributed by atoms with E-state index in [1.54, 1.807) is 24.9 Å². The fraction of sp³-hybridized carbons (Fsp3) is 0.412. The van der Waals surface area contributed by atoms with E-state index in [1.165, 1.54) is 0 Å². The number of carbonyl (C=O) groups excluding carboxylic acids is 1. The highest BCUT2D eigenvalue weighted by Crippen LogP contribution is 2.12. The van der Waals surface area contributed by atoms with Gasteiger partial charge in [0.1, 0.15) is 5.82 Å². The minimum Gasteiger partial charge on any atom is -0.384 e. The molecule has 1 amide bonds. The van der Waals surface area contributed by atoms with Crippen molar-refractivity contribution in [2.45, 2.75) is 13.3 Å². The van der Waals surface area contributed by atoms with Crippen molar-refractivity contribution < 1.29 is 4.79 Å². The van der Waals surface area contributed by atoms with Crippen molar-refractivity contribution in [1.29, 1.82) is 0 Å². The Kier molecular flexibility index (Phi) is 9.49. The first-order valence-electron chi connectivity index (χ1n) is 8.06. The number of hydrogen-bond acceptors (Lipinski definition) is 7. The monoisotopic (exact) mass is 364 g/mol. The van der Waals surface area contributed by atoms with Crippen molar-refractivity contribution in [2.75, 3.05) is 32.9 Å². The van der Waals surface area contributed by atoms with Gasteiger partial charge in [-0.3, -0.25) is 4.79 Å². The fourth-order valence-corrected chi connectivity index (χ4v) is 2.64. The van der Waals surface area contributed by atoms with E-state index in [0.717, 1.165) is 23.0 Å². The summed E-state index contributed by atoms with van der Waals surface area (Å²) in [6, 6.07) is 0. The first-order valence-corrected chi connectivity index (χ1v) is 9.04. The molecule has 0 aromatic carbocycles. The molecule has 6 N–H and O–H groups in total. The Hall–Kier alpha value is -2.19. The highest BCUT2D eigenvalue weighted by Gasteiger charge is 2.08. The number of amides is 1. The van der Waals surface area contributed by atoms with Crippen LogP contribution in [0.15, 0.2) is 52.7 Å². The molecule has 0 aromatic heterocycles. The largest absolute Gasteiger partial charge is 0.384 e. The SMILES string of the molecule is C=C1/C=C(NC(=O)CN/C(CCNC)=C(\N)NC)\C=C/CS/C(C)=N\1. The number of aliphatic imine (C=N–C) groups is 1. The van der Waals surface area contributed by atoms with Crippen LogP contribution in [0.3, 0.4) is 0 Å². The normalized spacial score (nSPS) is 21.3. The third-order valence-electron chi connectivity index (χ3n) is 3.27. The maximum atomic E-state index is 12.2. The van der Waals surface area contributed by atoms with Gasteiger partial charge in [0.05, 0.1) is 23.0 Å². The standard InChI is InChI=1S/C17H28N6OS/c1-12-10-14(6-5-9-25-13(2)22-12)23-16(24)11-21-15(7-8-19-3)17(18)20-4/h5-6,10,19-21H,1,7-9,11,18H2,2-4H3,(H,23,24)/b6-5-,14-10+,17-15+,22-13-. The Bertz CT molecular complexity index is 606. The van der Waals surface area contributed by atoms with Gasteiger partial charge in [-0.15, -0.1) is 11.8 Å². The molecule has 0 aliphatic carbocycles. The summed E-state index contributed by atoms with van der Waals surface area (Å²) in [5.41, 5.74) is 7.98. The van der Waals surface area contributed by atoms with Crippen LogP contribution >= 0.6 is 11.8 Å². The molecular weight excluding hydrogens is 336 g/mol. The molecule has 0 aromatic rings. The van der Waals surface area contributed by atoms with Crippen LogP contribution in [0.2, 0.25) is 0 Å². The molecule has 8 heteroatoms. The minimum atomic E-state index is -0.165. The maximum Gasteiger partial charge on any atom is 0.243 e. The second-order valence-corrected chi connectivity index (χ2v) is 6.55. The second-order valence-electron chi connectivity index (χ2n) is 5.33. The molecule has 1 rings (SSSR count). The van der Waals surface area contributed by atoms with Gasteiger partial charge >= 0.3 is 0 Å². The summed E-state index contributed by atoms with van der Waals surface area (Å²) in [6.45, 7) is 6.71. The first-order chi connectivity index (χ1) is 12.0. The van der Waals surface area contributed by atoms with Crippen LogP contribution < -0.4 is 27.0 Å². The molecule has 0 bridgehead atoms. The van der Waals surface area contributed by atoms with E-state index < -0.39 is 0 Å². The van der Waals surface area contributed by atoms with Crippen LogP contribution in [0.1, 0.15) is 13.3 Å². The van der Waals surface area contributed by atoms with Crippen molar-refractivity contribution in [3.05, 3.63) is 47.7 Å². The number of hydrogen-bond donors (Lipinski definition) is 5. The third kappa shape index (κ3) is 8.46. The van der Waals surface area contributed by atoms with E-state index in [2.05, 4.69) is 32.8 Å². The van der Waals surface area contributed by atoms with Gasteiger partial charge in [0.25, 0.3) is 0 Å². The van der Waals surface area contributed by atoms with E-state index in [4.69, 9.17) is 5.73 Å². The summed E-state index contributed by atoms with van der Waals surface area (Å²) in [4.78, 5) is 16.6. The number of nitrogens with one attached hydrogen (secondary N) is 4. The van der Waals surface area contributed by atoms with E-state index in [0.29, 0.717) is 23.6 Å². The lowest BCUT2D eigenvalue weighted by Crippen LogP contribution is -2.35. The number of carbonyl (C=O) groups is 1. The Labute approximate surface area is 154 Å². The number of allylic oxidation sites excluding steroid dienone is 2. The highest BCUT2D eigenvalue weighted by molar-refractivity contribution is 8.14. The molecule has 25 heavy (non-hydrogen) atoms. The molecule has 0 saturated carbocycles. The van der Waals surface area contributed by atoms with Gasteiger partial charge in [0.2, 0.25) is 5.91 Å². The number of nitrogens with two attached hydrogens (primary N) is 1. The lowest BCUT2D eigenvalue weighted by molar-refractivity contribution is -0.119. The smallest absolute Gasteiger partial charge is 0.243 e. The lowest BCUT2D eigenvalue weighted by atomic mass is 10.3. The molecule has 1 heterocycles. The topological polar surface area (TPSA) is 104 Å². The average Bonchev–Trinajstić information content (AvgIpc) is 2.64. The average molecular weight is 365 g/mol. The zero-order chi connectivity index (χ0) is 18.7. The predicted molar refractivity (Wildman–Crippen MR) is 107 cm³/mol. The van der Waals surface area contributed by atoms with Crippen molar-refractivity contribution in [3.8, 4) is 0 Å². The van der Waals surface area contributed by atoms with Crippen LogP contribution in [0.4, 0.5) is 0 Å². The summed E-state index contributed by atoms with van der Waals surface area (Å²) in [5, 5.41) is 12.8. The molecule has 0 fully saturated rings. The Morgan fingerprint density at radius 1 is 1.44 bits per heavy atom. The zero-order valence-corrected chi connectivity index (χ0v) is 15.9. The molecule has 0 spiro atoms. The summed E-state index contributed by atoms with van der Waals surface area (Å²) in [5.74, 6) is 1.16. The van der Waals surface area contributed by atoms with Crippen molar-refractivity contribution in [3.63, 3.8) is 0 Å². The summed E-state index contributed by atoms with van der Waals surface area (Å²) in [7, 11) is 3.61. The van der Waals surface area contributed by atoms with E-state index in [9.17, 15) is 4.79 Å². The molecule has 7 nitrogen and oxygen atoms in total. The predicted octanol–water partition coefficient (Wildman–Crippen LogP) is 0.768. The summed E-state index contributed by atoms with van der Waals surface area (Å²) in [6.07, 6.45) is 6.30. The molecule has 0 radical (unpaired) electrons. The van der Waals surface area contributed by atoms with Crippen LogP contribution in [0, 0.1) is 0 Å². The van der Waals surface area contributed by atoms with E-state index in [-0.39, 0.29) is 12.5 Å². The number of rotatable bonds is 8. The van der Waals surface area contributed by atoms with Crippen LogP contribution in [0.25, 0.3) is 0 Å². The molecule has 0 unspecified atom stereocenters. The Morgan fingerprint density at radius 3 is 2.88 bits per heavy atom. The van der Waals surface area contributed by atoms with Crippen molar-refractivity contribution >= 4 is 22.7 Å². The summed E-state index contributed by atoms with van der Waals surface area (Å²) < 4.78 is 0. The van der Waals surface area contributed by atoms with Gasteiger partial charge in [-0.05, 0) is 26.1 Å².